The van der Waals surface area contributed by atoms with Crippen LogP contribution < -0.4 is 0 Å². The van der Waals surface area contributed by atoms with E-state index in [0.29, 0.717) is 12.1 Å². The Kier molecular flexibility index (Phi) is 3.61. The van der Waals surface area contributed by atoms with E-state index in [0.717, 1.165) is 5.56 Å². The van der Waals surface area contributed by atoms with Gasteiger partial charge in [-0.2, -0.15) is 5.10 Å². The van der Waals surface area contributed by atoms with Crippen molar-refractivity contribution in [1.82, 2.24) is 9.78 Å². The van der Waals surface area contributed by atoms with Gasteiger partial charge in [0.2, 0.25) is 0 Å². The van der Waals surface area contributed by atoms with Crippen LogP contribution in [0.5, 0.6) is 0 Å². The first-order valence-corrected chi connectivity index (χ1v) is 5.53. The Hall–Kier alpha value is -2.63. The monoisotopic (exact) mass is 260 g/mol. The molecule has 6 nitrogen and oxygen atoms in total. The minimum atomic E-state index is -1.02. The first-order chi connectivity index (χ1) is 9.10. The number of nitrogens with zero attached hydrogens (tertiary/aromatic N) is 2. The summed E-state index contributed by atoms with van der Waals surface area (Å²) in [5, 5.41) is 12.7. The molecule has 0 saturated carbocycles. The molecule has 0 aliphatic carbocycles. The van der Waals surface area contributed by atoms with Gasteiger partial charge in [0.15, 0.2) is 0 Å². The lowest BCUT2D eigenvalue weighted by atomic mass is 10.1. The third-order valence-electron chi connectivity index (χ3n) is 2.57. The van der Waals surface area contributed by atoms with Crippen molar-refractivity contribution in [2.45, 2.75) is 6.54 Å². The highest BCUT2D eigenvalue weighted by Crippen LogP contribution is 2.09. The normalized spacial score (nSPS) is 10.2. The largest absolute Gasteiger partial charge is 0.478 e. The third kappa shape index (κ3) is 2.98. The van der Waals surface area contributed by atoms with Gasteiger partial charge in [-0.15, -0.1) is 0 Å². The van der Waals surface area contributed by atoms with Gasteiger partial charge in [-0.3, -0.25) is 4.68 Å². The summed E-state index contributed by atoms with van der Waals surface area (Å²) in [6, 6.07) is 6.91. The quantitative estimate of drug-likeness (QED) is 0.841. The zero-order chi connectivity index (χ0) is 13.8. The molecule has 0 spiro atoms. The predicted molar refractivity (Wildman–Crippen MR) is 66.1 cm³/mol. The molecule has 0 atom stereocenters. The van der Waals surface area contributed by atoms with Crippen LogP contribution in [0.2, 0.25) is 0 Å². The number of carbonyl (C=O) groups excluding carboxylic acids is 1. The van der Waals surface area contributed by atoms with Crippen LogP contribution in [0.15, 0.2) is 36.7 Å². The van der Waals surface area contributed by atoms with Crippen molar-refractivity contribution in [3.05, 3.63) is 53.3 Å². The molecule has 2 aromatic rings. The number of aromatic carboxylic acids is 1. The highest BCUT2D eigenvalue weighted by molar-refractivity contribution is 5.89. The number of ether oxygens (including phenoxy) is 1. The molecule has 0 saturated heterocycles. The number of hydrogen-bond acceptors (Lipinski definition) is 4. The van der Waals surface area contributed by atoms with Gasteiger partial charge in [-0.25, -0.2) is 9.59 Å². The number of rotatable bonds is 4. The summed E-state index contributed by atoms with van der Waals surface area (Å²) >= 11 is 0. The van der Waals surface area contributed by atoms with E-state index in [1.165, 1.54) is 24.2 Å². The Balaban J connectivity index is 2.18. The highest BCUT2D eigenvalue weighted by Gasteiger charge is 2.08. The van der Waals surface area contributed by atoms with Gasteiger partial charge >= 0.3 is 11.9 Å². The van der Waals surface area contributed by atoms with Crippen LogP contribution in [0.25, 0.3) is 0 Å². The number of carboxylic acid groups (broad SMARTS) is 1. The van der Waals surface area contributed by atoms with Gasteiger partial charge in [0.1, 0.15) is 0 Å². The Morgan fingerprint density at radius 1 is 1.37 bits per heavy atom. The molecule has 2 rings (SSSR count). The first-order valence-electron chi connectivity index (χ1n) is 5.53. The smallest absolute Gasteiger partial charge is 0.338 e. The van der Waals surface area contributed by atoms with E-state index in [4.69, 9.17) is 5.11 Å². The Morgan fingerprint density at radius 2 is 2.16 bits per heavy atom. The lowest BCUT2D eigenvalue weighted by molar-refractivity contribution is 0.0599. The first kappa shape index (κ1) is 12.8. The average Bonchev–Trinajstić information content (AvgIpc) is 2.87. The van der Waals surface area contributed by atoms with Gasteiger partial charge in [0.25, 0.3) is 0 Å². The van der Waals surface area contributed by atoms with Crippen molar-refractivity contribution in [2.24, 2.45) is 0 Å². The van der Waals surface area contributed by atoms with Crippen LogP contribution in [0, 0.1) is 0 Å². The minimum Gasteiger partial charge on any atom is -0.478 e. The molecular weight excluding hydrogens is 248 g/mol. The second-order valence-electron chi connectivity index (χ2n) is 3.92. The van der Waals surface area contributed by atoms with Gasteiger partial charge in [-0.1, -0.05) is 12.1 Å². The van der Waals surface area contributed by atoms with E-state index in [1.807, 2.05) is 6.07 Å². The molecule has 0 fully saturated rings. The molecule has 0 aliphatic rings. The number of carboxylic acids is 1. The lowest BCUT2D eigenvalue weighted by Crippen LogP contribution is -2.04. The molecule has 0 amide bonds. The van der Waals surface area contributed by atoms with Crippen molar-refractivity contribution in [1.29, 1.82) is 0 Å². The van der Waals surface area contributed by atoms with Crippen LogP contribution in [0.4, 0.5) is 0 Å². The summed E-state index contributed by atoms with van der Waals surface area (Å²) in [4.78, 5) is 22.1. The number of aromatic nitrogens is 2. The summed E-state index contributed by atoms with van der Waals surface area (Å²) in [5.74, 6) is -1.43. The standard InChI is InChI=1S/C13H12N2O4/c1-19-13(18)10-4-2-3-9(5-10)7-15-8-11(6-14-15)12(16)17/h2-6,8H,7H2,1H3,(H,16,17). The van der Waals surface area contributed by atoms with E-state index in [1.54, 1.807) is 18.2 Å². The summed E-state index contributed by atoms with van der Waals surface area (Å²) in [5.41, 5.74) is 1.41. The molecule has 0 aliphatic heterocycles. The van der Waals surface area contributed by atoms with E-state index < -0.39 is 11.9 Å². The van der Waals surface area contributed by atoms with E-state index >= 15 is 0 Å². The fraction of sp³-hybridized carbons (Fsp3) is 0.154. The van der Waals surface area contributed by atoms with E-state index in [-0.39, 0.29) is 5.56 Å². The molecule has 0 unspecified atom stereocenters. The van der Waals surface area contributed by atoms with Crippen LogP contribution in [-0.4, -0.2) is 33.9 Å². The van der Waals surface area contributed by atoms with Crippen molar-refractivity contribution in [3.8, 4) is 0 Å². The van der Waals surface area contributed by atoms with Crippen LogP contribution >= 0.6 is 0 Å². The zero-order valence-corrected chi connectivity index (χ0v) is 10.2. The topological polar surface area (TPSA) is 81.4 Å². The van der Waals surface area contributed by atoms with Crippen molar-refractivity contribution >= 4 is 11.9 Å². The SMILES string of the molecule is COC(=O)c1cccc(Cn2cc(C(=O)O)cn2)c1. The Bertz CT molecular complexity index is 619. The van der Waals surface area contributed by atoms with E-state index in [2.05, 4.69) is 9.84 Å². The molecule has 6 heteroatoms. The third-order valence-corrected chi connectivity index (χ3v) is 2.57. The van der Waals surface area contributed by atoms with Crippen LogP contribution in [0.3, 0.4) is 0 Å². The molecule has 1 heterocycles. The molecule has 98 valence electrons. The lowest BCUT2D eigenvalue weighted by Gasteiger charge is -2.04. The van der Waals surface area contributed by atoms with Crippen molar-refractivity contribution < 1.29 is 19.4 Å². The molecule has 1 N–H and O–H groups in total. The molecule has 1 aromatic heterocycles. The molecule has 1 aromatic carbocycles. The Morgan fingerprint density at radius 3 is 2.79 bits per heavy atom. The maximum absolute atomic E-state index is 11.4. The number of esters is 1. The molecular formula is C13H12N2O4. The Labute approximate surface area is 109 Å². The average molecular weight is 260 g/mol. The second kappa shape index (κ2) is 5.34. The highest BCUT2D eigenvalue weighted by atomic mass is 16.5. The van der Waals surface area contributed by atoms with E-state index in [9.17, 15) is 9.59 Å². The minimum absolute atomic E-state index is 0.129. The van der Waals surface area contributed by atoms with Crippen LogP contribution in [-0.2, 0) is 11.3 Å². The van der Waals surface area contributed by atoms with Crippen molar-refractivity contribution in [2.75, 3.05) is 7.11 Å². The summed E-state index contributed by atoms with van der Waals surface area (Å²) < 4.78 is 6.14. The molecule has 0 radical (unpaired) electrons. The fourth-order valence-corrected chi connectivity index (χ4v) is 1.66. The maximum atomic E-state index is 11.4. The number of methoxy groups -OCH3 is 1. The van der Waals surface area contributed by atoms with Gasteiger partial charge in [0, 0.05) is 6.20 Å². The maximum Gasteiger partial charge on any atom is 0.338 e. The fourth-order valence-electron chi connectivity index (χ4n) is 1.66. The van der Waals surface area contributed by atoms with Gasteiger partial charge < -0.3 is 9.84 Å². The number of carbonyl (C=O) groups is 2. The molecule has 0 bridgehead atoms. The zero-order valence-electron chi connectivity index (χ0n) is 10.2. The number of benzene rings is 1. The van der Waals surface area contributed by atoms with Gasteiger partial charge in [0.05, 0.1) is 31.0 Å². The number of hydrogen-bond donors (Lipinski definition) is 1. The van der Waals surface area contributed by atoms with Crippen LogP contribution in [0.1, 0.15) is 26.3 Å². The summed E-state index contributed by atoms with van der Waals surface area (Å²) in [7, 11) is 1.32. The second-order valence-corrected chi connectivity index (χ2v) is 3.92. The van der Waals surface area contributed by atoms with Gasteiger partial charge in [-0.05, 0) is 17.7 Å². The predicted octanol–water partition coefficient (Wildman–Crippen LogP) is 1.42. The summed E-state index contributed by atoms with van der Waals surface area (Å²) in [6.45, 7) is 0.387. The molecule has 19 heavy (non-hydrogen) atoms. The summed E-state index contributed by atoms with van der Waals surface area (Å²) in [6.07, 6.45) is 2.72. The van der Waals surface area contributed by atoms with Crippen molar-refractivity contribution in [3.63, 3.8) is 0 Å².